The number of nitrogens with zero attached hydrogens (tertiary/aromatic N) is 2. The molecule has 0 saturated heterocycles. The number of carbonyl (C=O) groups is 2. The fraction of sp³-hybridized carbons (Fsp3) is 0.294. The van der Waals surface area contributed by atoms with Crippen molar-refractivity contribution in [2.45, 2.75) is 19.3 Å². The van der Waals surface area contributed by atoms with Gasteiger partial charge in [0.1, 0.15) is 22.5 Å². The van der Waals surface area contributed by atoms with Crippen LogP contribution in [0.1, 0.15) is 24.1 Å². The minimum atomic E-state index is -0.880. The van der Waals surface area contributed by atoms with Gasteiger partial charge in [-0.15, -0.1) is 0 Å². The molecule has 2 N–H and O–H groups in total. The molecule has 1 saturated carbocycles. The monoisotopic (exact) mass is 359 g/mol. The Hall–Kier alpha value is -2.79. The number of carboxylic acid groups (broad SMARTS) is 1. The Morgan fingerprint density at radius 1 is 1.28 bits per heavy atom. The van der Waals surface area contributed by atoms with Crippen molar-refractivity contribution < 1.29 is 19.1 Å². The smallest absolute Gasteiger partial charge is 0.306 e. The van der Waals surface area contributed by atoms with E-state index in [0.717, 1.165) is 11.3 Å². The van der Waals surface area contributed by atoms with Gasteiger partial charge in [-0.3, -0.25) is 9.59 Å². The average Bonchev–Trinajstić information content (AvgIpc) is 3.22. The first kappa shape index (κ1) is 17.0. The Morgan fingerprint density at radius 2 is 1.96 bits per heavy atom. The number of anilines is 1. The summed E-state index contributed by atoms with van der Waals surface area (Å²) in [6.45, 7) is 0. The first-order valence-electron chi connectivity index (χ1n) is 7.68. The molecular formula is C17H14FN3O3S. The molecule has 0 unspecified atom stereocenters. The number of rotatable bonds is 4. The number of hydrogen-bond acceptors (Lipinski definition) is 5. The van der Waals surface area contributed by atoms with Gasteiger partial charge in [0.05, 0.1) is 5.92 Å². The largest absolute Gasteiger partial charge is 0.481 e. The van der Waals surface area contributed by atoms with E-state index in [0.29, 0.717) is 35.4 Å². The van der Waals surface area contributed by atoms with Gasteiger partial charge in [0.15, 0.2) is 5.13 Å². The number of carbonyl (C=O) groups excluding carboxylic acids is 1. The van der Waals surface area contributed by atoms with Crippen LogP contribution in [0.3, 0.4) is 0 Å². The number of nitrogens with one attached hydrogen (secondary N) is 1. The zero-order chi connectivity index (χ0) is 18.0. The van der Waals surface area contributed by atoms with Crippen LogP contribution in [0.25, 0.3) is 11.3 Å². The molecule has 1 fully saturated rings. The van der Waals surface area contributed by atoms with E-state index < -0.39 is 11.9 Å². The van der Waals surface area contributed by atoms with E-state index in [2.05, 4.69) is 10.3 Å². The van der Waals surface area contributed by atoms with E-state index in [1.807, 2.05) is 6.07 Å². The van der Waals surface area contributed by atoms with Crippen LogP contribution in [-0.4, -0.2) is 22.0 Å². The van der Waals surface area contributed by atoms with Crippen LogP contribution >= 0.6 is 11.3 Å². The number of nitriles is 1. The fourth-order valence-electron chi connectivity index (χ4n) is 2.90. The minimum absolute atomic E-state index is 0.277. The molecule has 0 spiro atoms. The third-order valence-electron chi connectivity index (χ3n) is 4.23. The van der Waals surface area contributed by atoms with Crippen molar-refractivity contribution in [1.82, 2.24) is 4.98 Å². The Morgan fingerprint density at radius 3 is 2.56 bits per heavy atom. The van der Waals surface area contributed by atoms with Crippen LogP contribution in [0, 0.1) is 29.0 Å². The van der Waals surface area contributed by atoms with Crippen LogP contribution < -0.4 is 5.32 Å². The highest BCUT2D eigenvalue weighted by molar-refractivity contribution is 7.16. The van der Waals surface area contributed by atoms with Gasteiger partial charge in [-0.2, -0.15) is 5.26 Å². The molecule has 1 heterocycles. The van der Waals surface area contributed by atoms with Gasteiger partial charge in [0, 0.05) is 11.5 Å². The standard InChI is InChI=1S/C17H14FN3O3S/c18-12-5-3-9(4-6-12)14-13(8-19)25-17(20-14)21-15(22)10-1-2-11(7-10)16(23)24/h3-6,10-11H,1-2,7H2,(H,23,24)(H,20,21,22)/t10-,11-/m1/s1. The minimum Gasteiger partial charge on any atom is -0.481 e. The molecule has 1 aromatic carbocycles. The van der Waals surface area contributed by atoms with Gasteiger partial charge in [0.25, 0.3) is 0 Å². The van der Waals surface area contributed by atoms with Crippen LogP contribution in [-0.2, 0) is 9.59 Å². The predicted octanol–water partition coefficient (Wildman–Crippen LogP) is 3.26. The molecule has 0 bridgehead atoms. The summed E-state index contributed by atoms with van der Waals surface area (Å²) < 4.78 is 13.0. The van der Waals surface area contributed by atoms with Gasteiger partial charge in [-0.25, -0.2) is 9.37 Å². The average molecular weight is 359 g/mol. The summed E-state index contributed by atoms with van der Waals surface area (Å²) in [6.07, 6.45) is 1.31. The summed E-state index contributed by atoms with van der Waals surface area (Å²) in [5.41, 5.74) is 0.971. The first-order valence-corrected chi connectivity index (χ1v) is 8.50. The molecule has 1 aromatic heterocycles. The Balaban J connectivity index is 1.76. The number of hydrogen-bond donors (Lipinski definition) is 2. The summed E-state index contributed by atoms with van der Waals surface area (Å²) in [6, 6.07) is 7.62. The maximum Gasteiger partial charge on any atom is 0.306 e. The van der Waals surface area contributed by atoms with Crippen LogP contribution in [0.5, 0.6) is 0 Å². The summed E-state index contributed by atoms with van der Waals surface area (Å²) in [5.74, 6) is -2.41. The molecule has 128 valence electrons. The third kappa shape index (κ3) is 3.67. The molecule has 25 heavy (non-hydrogen) atoms. The number of thiazole rings is 1. The third-order valence-corrected chi connectivity index (χ3v) is 5.10. The van der Waals surface area contributed by atoms with Crippen molar-refractivity contribution >= 4 is 28.3 Å². The topological polar surface area (TPSA) is 103 Å². The maximum absolute atomic E-state index is 13.0. The Labute approximate surface area is 146 Å². The number of aliphatic carboxylic acids is 1. The van der Waals surface area contributed by atoms with E-state index in [4.69, 9.17) is 5.11 Å². The molecule has 6 nitrogen and oxygen atoms in total. The van der Waals surface area contributed by atoms with Crippen molar-refractivity contribution in [2.24, 2.45) is 11.8 Å². The SMILES string of the molecule is N#Cc1sc(NC(=O)[C@@H]2CC[C@@H](C(=O)O)C2)nc1-c1ccc(F)cc1. The summed E-state index contributed by atoms with van der Waals surface area (Å²) in [5, 5.41) is 21.2. The second-order valence-corrected chi connectivity index (χ2v) is 6.85. The molecule has 8 heteroatoms. The summed E-state index contributed by atoms with van der Waals surface area (Å²) in [7, 11) is 0. The molecular weight excluding hydrogens is 345 g/mol. The second-order valence-electron chi connectivity index (χ2n) is 5.85. The van der Waals surface area contributed by atoms with Crippen molar-refractivity contribution in [2.75, 3.05) is 5.32 Å². The number of benzene rings is 1. The Kier molecular flexibility index (Phi) is 4.76. The number of amides is 1. The quantitative estimate of drug-likeness (QED) is 0.872. The Bertz CT molecular complexity index is 857. The lowest BCUT2D eigenvalue weighted by atomic mass is 10.0. The highest BCUT2D eigenvalue weighted by atomic mass is 32.1. The first-order chi connectivity index (χ1) is 12.0. The van der Waals surface area contributed by atoms with E-state index in [1.165, 1.54) is 24.3 Å². The molecule has 2 atom stereocenters. The lowest BCUT2D eigenvalue weighted by Crippen LogP contribution is -2.21. The number of halogens is 1. The normalized spacial score (nSPS) is 19.4. The maximum atomic E-state index is 13.0. The van der Waals surface area contributed by atoms with Crippen LogP contribution in [0.4, 0.5) is 9.52 Å². The van der Waals surface area contributed by atoms with Gasteiger partial charge in [-0.1, -0.05) is 11.3 Å². The van der Waals surface area contributed by atoms with E-state index in [-0.39, 0.29) is 22.8 Å². The highest BCUT2D eigenvalue weighted by Crippen LogP contribution is 2.34. The molecule has 1 aliphatic carbocycles. The fourth-order valence-corrected chi connectivity index (χ4v) is 3.69. The van der Waals surface area contributed by atoms with Crippen molar-refractivity contribution in [3.05, 3.63) is 35.0 Å². The number of carboxylic acids is 1. The highest BCUT2D eigenvalue weighted by Gasteiger charge is 2.34. The zero-order valence-corrected chi connectivity index (χ0v) is 13.8. The molecule has 0 aliphatic heterocycles. The van der Waals surface area contributed by atoms with Crippen LogP contribution in [0.2, 0.25) is 0 Å². The zero-order valence-electron chi connectivity index (χ0n) is 13.0. The van der Waals surface area contributed by atoms with Crippen molar-refractivity contribution in [3.63, 3.8) is 0 Å². The lowest BCUT2D eigenvalue weighted by molar-refractivity contribution is -0.141. The van der Waals surface area contributed by atoms with Gasteiger partial charge in [-0.05, 0) is 43.5 Å². The molecule has 2 aromatic rings. The second kappa shape index (κ2) is 6.99. The van der Waals surface area contributed by atoms with Crippen molar-refractivity contribution in [1.29, 1.82) is 5.26 Å². The number of aromatic nitrogens is 1. The van der Waals surface area contributed by atoms with Gasteiger partial charge < -0.3 is 10.4 Å². The van der Waals surface area contributed by atoms with E-state index in [9.17, 15) is 19.2 Å². The summed E-state index contributed by atoms with van der Waals surface area (Å²) >= 11 is 1.04. The van der Waals surface area contributed by atoms with Gasteiger partial charge in [0.2, 0.25) is 5.91 Å². The summed E-state index contributed by atoms with van der Waals surface area (Å²) in [4.78, 5) is 27.9. The van der Waals surface area contributed by atoms with E-state index in [1.54, 1.807) is 0 Å². The lowest BCUT2D eigenvalue weighted by Gasteiger charge is -2.08. The molecule has 3 rings (SSSR count). The molecule has 1 aliphatic rings. The predicted molar refractivity (Wildman–Crippen MR) is 89.3 cm³/mol. The van der Waals surface area contributed by atoms with Crippen LogP contribution in [0.15, 0.2) is 24.3 Å². The van der Waals surface area contributed by atoms with Gasteiger partial charge >= 0.3 is 5.97 Å². The molecule has 1 amide bonds. The van der Waals surface area contributed by atoms with Crippen molar-refractivity contribution in [3.8, 4) is 17.3 Å². The van der Waals surface area contributed by atoms with E-state index >= 15 is 0 Å². The molecule has 0 radical (unpaired) electrons.